The zero-order chi connectivity index (χ0) is 14.1. The first kappa shape index (κ1) is 12.9. The number of aromatic nitrogens is 1. The molecule has 3 aromatic rings. The Bertz CT molecular complexity index is 737. The van der Waals surface area contributed by atoms with Crippen molar-refractivity contribution in [3.8, 4) is 22.8 Å². The van der Waals surface area contributed by atoms with Gasteiger partial charge in [-0.2, -0.15) is 0 Å². The molecule has 0 saturated heterocycles. The fourth-order valence-electron chi connectivity index (χ4n) is 1.95. The van der Waals surface area contributed by atoms with Gasteiger partial charge >= 0.3 is 0 Å². The van der Waals surface area contributed by atoms with Crippen LogP contribution in [0, 0.1) is 5.82 Å². The molecule has 6 heteroatoms. The zero-order valence-corrected chi connectivity index (χ0v) is 10.9. The van der Waals surface area contributed by atoms with Crippen LogP contribution in [0.15, 0.2) is 45.5 Å². The molecule has 0 saturated carbocycles. The first-order chi connectivity index (χ1) is 9.70. The average Bonchev–Trinajstić information content (AvgIpc) is 3.06. The van der Waals surface area contributed by atoms with E-state index in [0.29, 0.717) is 28.3 Å². The molecule has 2 heterocycles. The molecular formula is C14H9ClFNO3. The molecule has 4 nitrogen and oxygen atoms in total. The standard InChI is InChI=1S/C14H9ClFNO3/c15-11-6-8(16)3-4-9(11)13-10(7-18)14(20-17-13)12-2-1-5-19-12/h1-6,18H,7H2. The summed E-state index contributed by atoms with van der Waals surface area (Å²) in [6.45, 7) is -0.303. The van der Waals surface area contributed by atoms with Crippen LogP contribution in [0.3, 0.4) is 0 Å². The first-order valence-electron chi connectivity index (χ1n) is 5.79. The molecule has 0 spiro atoms. The number of hydrogen-bond acceptors (Lipinski definition) is 4. The van der Waals surface area contributed by atoms with E-state index in [0.717, 1.165) is 0 Å². The van der Waals surface area contributed by atoms with E-state index in [1.807, 2.05) is 0 Å². The van der Waals surface area contributed by atoms with Crippen LogP contribution in [-0.4, -0.2) is 10.3 Å². The first-order valence-corrected chi connectivity index (χ1v) is 6.17. The molecule has 0 amide bonds. The lowest BCUT2D eigenvalue weighted by Crippen LogP contribution is -1.90. The number of aliphatic hydroxyl groups is 1. The molecule has 0 fully saturated rings. The van der Waals surface area contributed by atoms with Crippen molar-refractivity contribution in [3.63, 3.8) is 0 Å². The minimum atomic E-state index is -0.445. The van der Waals surface area contributed by atoms with Crippen molar-refractivity contribution < 1.29 is 18.4 Å². The van der Waals surface area contributed by atoms with Gasteiger partial charge in [-0.05, 0) is 30.3 Å². The molecule has 102 valence electrons. The van der Waals surface area contributed by atoms with Crippen molar-refractivity contribution in [2.75, 3.05) is 0 Å². The molecule has 0 bridgehead atoms. The Morgan fingerprint density at radius 2 is 2.15 bits per heavy atom. The molecule has 2 aromatic heterocycles. The molecule has 0 aliphatic heterocycles. The lowest BCUT2D eigenvalue weighted by Gasteiger charge is -2.02. The van der Waals surface area contributed by atoms with E-state index in [2.05, 4.69) is 5.16 Å². The lowest BCUT2D eigenvalue weighted by atomic mass is 10.1. The van der Waals surface area contributed by atoms with E-state index in [9.17, 15) is 9.50 Å². The van der Waals surface area contributed by atoms with Crippen LogP contribution < -0.4 is 0 Å². The van der Waals surface area contributed by atoms with Crippen LogP contribution >= 0.6 is 11.6 Å². The molecule has 3 rings (SSSR count). The highest BCUT2D eigenvalue weighted by Crippen LogP contribution is 2.35. The smallest absolute Gasteiger partial charge is 0.208 e. The number of furan rings is 1. The summed E-state index contributed by atoms with van der Waals surface area (Å²) in [5.74, 6) is 0.331. The van der Waals surface area contributed by atoms with Crippen LogP contribution in [0.5, 0.6) is 0 Å². The molecule has 0 unspecified atom stereocenters. The Morgan fingerprint density at radius 3 is 2.80 bits per heavy atom. The number of halogens is 2. The topological polar surface area (TPSA) is 59.4 Å². The van der Waals surface area contributed by atoms with Gasteiger partial charge in [-0.1, -0.05) is 16.8 Å². The van der Waals surface area contributed by atoms with E-state index in [1.54, 1.807) is 12.1 Å². The van der Waals surface area contributed by atoms with Crippen LogP contribution in [0.2, 0.25) is 5.02 Å². The SMILES string of the molecule is OCc1c(-c2ccc(F)cc2Cl)noc1-c1ccco1. The fourth-order valence-corrected chi connectivity index (χ4v) is 2.21. The fraction of sp³-hybridized carbons (Fsp3) is 0.0714. The highest BCUT2D eigenvalue weighted by Gasteiger charge is 2.21. The van der Waals surface area contributed by atoms with Gasteiger partial charge in [0.05, 0.1) is 23.5 Å². The van der Waals surface area contributed by atoms with E-state index in [4.69, 9.17) is 20.5 Å². The second-order valence-corrected chi connectivity index (χ2v) is 4.51. The van der Waals surface area contributed by atoms with Crippen molar-refractivity contribution in [2.24, 2.45) is 0 Å². The molecular weight excluding hydrogens is 285 g/mol. The van der Waals surface area contributed by atoms with Gasteiger partial charge in [-0.25, -0.2) is 4.39 Å². The number of aliphatic hydroxyl groups excluding tert-OH is 1. The van der Waals surface area contributed by atoms with E-state index >= 15 is 0 Å². The third kappa shape index (κ3) is 2.11. The largest absolute Gasteiger partial charge is 0.461 e. The molecule has 0 radical (unpaired) electrons. The predicted molar refractivity (Wildman–Crippen MR) is 70.5 cm³/mol. The van der Waals surface area contributed by atoms with Crippen molar-refractivity contribution in [3.05, 3.63) is 53.0 Å². The minimum Gasteiger partial charge on any atom is -0.461 e. The molecule has 0 aliphatic rings. The third-order valence-electron chi connectivity index (χ3n) is 2.88. The molecule has 0 aliphatic carbocycles. The van der Waals surface area contributed by atoms with Crippen LogP contribution in [0.25, 0.3) is 22.8 Å². The summed E-state index contributed by atoms with van der Waals surface area (Å²) in [5, 5.41) is 13.6. The van der Waals surface area contributed by atoms with Gasteiger partial charge in [-0.3, -0.25) is 0 Å². The van der Waals surface area contributed by atoms with Gasteiger partial charge < -0.3 is 14.0 Å². The molecule has 20 heavy (non-hydrogen) atoms. The Morgan fingerprint density at radius 1 is 1.30 bits per heavy atom. The maximum Gasteiger partial charge on any atom is 0.208 e. The lowest BCUT2D eigenvalue weighted by molar-refractivity contribution is 0.281. The average molecular weight is 294 g/mol. The highest BCUT2D eigenvalue weighted by molar-refractivity contribution is 6.33. The minimum absolute atomic E-state index is 0.194. The second kappa shape index (κ2) is 5.11. The second-order valence-electron chi connectivity index (χ2n) is 4.10. The Balaban J connectivity index is 2.15. The van der Waals surface area contributed by atoms with Gasteiger partial charge in [0.15, 0.2) is 5.76 Å². The van der Waals surface area contributed by atoms with Gasteiger partial charge in [0.2, 0.25) is 5.76 Å². The van der Waals surface area contributed by atoms with Crippen LogP contribution in [0.4, 0.5) is 4.39 Å². The summed E-state index contributed by atoms with van der Waals surface area (Å²) in [5.41, 5.74) is 1.29. The van der Waals surface area contributed by atoms with Gasteiger partial charge in [0, 0.05) is 5.56 Å². The third-order valence-corrected chi connectivity index (χ3v) is 3.19. The quantitative estimate of drug-likeness (QED) is 0.796. The Labute approximate surface area is 118 Å². The maximum atomic E-state index is 13.1. The molecule has 1 aromatic carbocycles. The Hall–Kier alpha value is -2.11. The predicted octanol–water partition coefficient (Wildman–Crippen LogP) is 3.89. The zero-order valence-electron chi connectivity index (χ0n) is 10.1. The number of nitrogens with zero attached hydrogens (tertiary/aromatic N) is 1. The number of hydrogen-bond donors (Lipinski definition) is 1. The highest BCUT2D eigenvalue weighted by atomic mass is 35.5. The summed E-state index contributed by atoms with van der Waals surface area (Å²) in [4.78, 5) is 0. The Kier molecular flexibility index (Phi) is 3.30. The van der Waals surface area contributed by atoms with Crippen molar-refractivity contribution >= 4 is 11.6 Å². The molecule has 1 N–H and O–H groups in total. The van der Waals surface area contributed by atoms with Crippen molar-refractivity contribution in [1.29, 1.82) is 0 Å². The number of rotatable bonds is 3. The summed E-state index contributed by atoms with van der Waals surface area (Å²) >= 11 is 6.00. The molecule has 0 atom stereocenters. The van der Waals surface area contributed by atoms with Crippen LogP contribution in [0.1, 0.15) is 5.56 Å². The summed E-state index contributed by atoms with van der Waals surface area (Å²) < 4.78 is 23.5. The van der Waals surface area contributed by atoms with Gasteiger partial charge in [0.1, 0.15) is 11.5 Å². The normalized spacial score (nSPS) is 10.9. The van der Waals surface area contributed by atoms with Gasteiger partial charge in [-0.15, -0.1) is 0 Å². The van der Waals surface area contributed by atoms with Gasteiger partial charge in [0.25, 0.3) is 0 Å². The summed E-state index contributed by atoms with van der Waals surface area (Å²) in [6.07, 6.45) is 1.49. The van der Waals surface area contributed by atoms with Crippen molar-refractivity contribution in [2.45, 2.75) is 6.61 Å². The summed E-state index contributed by atoms with van der Waals surface area (Å²) in [7, 11) is 0. The maximum absolute atomic E-state index is 13.1. The van der Waals surface area contributed by atoms with E-state index in [-0.39, 0.29) is 11.6 Å². The monoisotopic (exact) mass is 293 g/mol. The van der Waals surface area contributed by atoms with Crippen molar-refractivity contribution in [1.82, 2.24) is 5.16 Å². The van der Waals surface area contributed by atoms with E-state index in [1.165, 1.54) is 24.5 Å². The number of benzene rings is 1. The summed E-state index contributed by atoms with van der Waals surface area (Å²) in [6, 6.07) is 7.32. The van der Waals surface area contributed by atoms with Crippen LogP contribution in [-0.2, 0) is 6.61 Å². The van der Waals surface area contributed by atoms with E-state index < -0.39 is 5.82 Å².